The first kappa shape index (κ1) is 8.80. The van der Waals surface area contributed by atoms with E-state index in [1.54, 1.807) is 0 Å². The second-order valence-corrected chi connectivity index (χ2v) is 2.68. The van der Waals surface area contributed by atoms with E-state index in [2.05, 4.69) is 0 Å². The van der Waals surface area contributed by atoms with Crippen LogP contribution in [-0.2, 0) is 4.74 Å². The second-order valence-electron chi connectivity index (χ2n) is 2.68. The van der Waals surface area contributed by atoms with Crippen molar-refractivity contribution < 1.29 is 17.9 Å². The third kappa shape index (κ3) is 2.67. The fraction of sp³-hybridized carbons (Fsp3) is 1.00. The number of alkyl halides is 3. The maximum Gasteiger partial charge on any atom is 0.391 e. The fourth-order valence-electron chi connectivity index (χ4n) is 1.10. The standard InChI is InChI=1S/C6H10F3NO/c7-6(8,9)3-5-4(10)1-2-11-5/h4-5H,1-3,10H2. The third-order valence-electron chi connectivity index (χ3n) is 1.69. The molecule has 0 saturated carbocycles. The molecule has 1 rings (SSSR count). The van der Waals surface area contributed by atoms with E-state index >= 15 is 0 Å². The summed E-state index contributed by atoms with van der Waals surface area (Å²) in [5.74, 6) is 0. The van der Waals surface area contributed by atoms with E-state index in [0.717, 1.165) is 0 Å². The van der Waals surface area contributed by atoms with Crippen LogP contribution in [0.5, 0.6) is 0 Å². The lowest BCUT2D eigenvalue weighted by molar-refractivity contribution is -0.156. The summed E-state index contributed by atoms with van der Waals surface area (Å²) in [6.07, 6.45) is -5.38. The first-order chi connectivity index (χ1) is 4.99. The lowest BCUT2D eigenvalue weighted by Gasteiger charge is -2.15. The minimum atomic E-state index is -4.16. The smallest absolute Gasteiger partial charge is 0.376 e. The minimum absolute atomic E-state index is 0.349. The highest BCUT2D eigenvalue weighted by atomic mass is 19.4. The molecule has 1 aliphatic heterocycles. The number of hydrogen-bond acceptors (Lipinski definition) is 2. The molecule has 0 spiro atoms. The van der Waals surface area contributed by atoms with E-state index < -0.39 is 24.7 Å². The Hall–Kier alpha value is -0.290. The van der Waals surface area contributed by atoms with Crippen molar-refractivity contribution in [1.29, 1.82) is 0 Å². The molecule has 2 atom stereocenters. The van der Waals surface area contributed by atoms with Crippen LogP contribution in [0.1, 0.15) is 12.8 Å². The van der Waals surface area contributed by atoms with Gasteiger partial charge in [-0.15, -0.1) is 0 Å². The topological polar surface area (TPSA) is 35.2 Å². The summed E-state index contributed by atoms with van der Waals surface area (Å²) in [6.45, 7) is 0.349. The molecule has 5 heteroatoms. The Bertz CT molecular complexity index is 136. The molecule has 66 valence electrons. The molecule has 2 nitrogen and oxygen atoms in total. The van der Waals surface area contributed by atoms with Crippen molar-refractivity contribution in [2.75, 3.05) is 6.61 Å². The normalized spacial score (nSPS) is 32.7. The largest absolute Gasteiger partial charge is 0.391 e. The average Bonchev–Trinajstić information content (AvgIpc) is 2.12. The van der Waals surface area contributed by atoms with Gasteiger partial charge in [0, 0.05) is 12.6 Å². The second kappa shape index (κ2) is 2.98. The summed E-state index contributed by atoms with van der Waals surface area (Å²) >= 11 is 0. The van der Waals surface area contributed by atoms with Gasteiger partial charge in [-0.25, -0.2) is 0 Å². The molecule has 0 aromatic heterocycles. The predicted octanol–water partition coefficient (Wildman–Crippen LogP) is 1.06. The van der Waals surface area contributed by atoms with Crippen molar-refractivity contribution in [3.63, 3.8) is 0 Å². The summed E-state index contributed by atoms with van der Waals surface area (Å²) in [4.78, 5) is 0. The van der Waals surface area contributed by atoms with Gasteiger partial charge in [0.25, 0.3) is 0 Å². The SMILES string of the molecule is NC1CCOC1CC(F)(F)F. The Labute approximate surface area is 62.5 Å². The van der Waals surface area contributed by atoms with Gasteiger partial charge in [-0.1, -0.05) is 0 Å². The van der Waals surface area contributed by atoms with Crippen LogP contribution in [0.25, 0.3) is 0 Å². The first-order valence-corrected chi connectivity index (χ1v) is 3.43. The van der Waals surface area contributed by atoms with Crippen molar-refractivity contribution >= 4 is 0 Å². The molecule has 1 heterocycles. The van der Waals surface area contributed by atoms with Gasteiger partial charge >= 0.3 is 6.18 Å². The van der Waals surface area contributed by atoms with Gasteiger partial charge in [-0.3, -0.25) is 0 Å². The summed E-state index contributed by atoms with van der Waals surface area (Å²) in [5.41, 5.74) is 5.36. The summed E-state index contributed by atoms with van der Waals surface area (Å²) in [7, 11) is 0. The van der Waals surface area contributed by atoms with E-state index in [-0.39, 0.29) is 0 Å². The van der Waals surface area contributed by atoms with Crippen LogP contribution in [0.15, 0.2) is 0 Å². The van der Waals surface area contributed by atoms with Gasteiger partial charge in [0.1, 0.15) is 0 Å². The molecule has 0 radical (unpaired) electrons. The Kier molecular flexibility index (Phi) is 2.39. The van der Waals surface area contributed by atoms with Crippen LogP contribution < -0.4 is 5.73 Å². The summed E-state index contributed by atoms with van der Waals surface area (Å²) < 4.78 is 40.0. The zero-order chi connectivity index (χ0) is 8.48. The molecule has 0 amide bonds. The van der Waals surface area contributed by atoms with Gasteiger partial charge in [-0.05, 0) is 6.42 Å². The summed E-state index contributed by atoms with van der Waals surface area (Å²) in [5, 5.41) is 0. The highest BCUT2D eigenvalue weighted by Gasteiger charge is 2.37. The van der Waals surface area contributed by atoms with Crippen LogP contribution in [0.4, 0.5) is 13.2 Å². The molecular formula is C6H10F3NO. The maximum atomic E-state index is 11.7. The molecule has 1 fully saturated rings. The molecule has 0 aliphatic carbocycles. The van der Waals surface area contributed by atoms with E-state index in [0.29, 0.717) is 13.0 Å². The maximum absolute atomic E-state index is 11.7. The van der Waals surface area contributed by atoms with Gasteiger partial charge in [0.05, 0.1) is 12.5 Å². The highest BCUT2D eigenvalue weighted by molar-refractivity contribution is 4.80. The number of rotatable bonds is 1. The minimum Gasteiger partial charge on any atom is -0.376 e. The lowest BCUT2D eigenvalue weighted by Crippen LogP contribution is -2.34. The van der Waals surface area contributed by atoms with E-state index in [1.165, 1.54) is 0 Å². The van der Waals surface area contributed by atoms with Gasteiger partial charge < -0.3 is 10.5 Å². The molecule has 0 aromatic carbocycles. The zero-order valence-electron chi connectivity index (χ0n) is 5.90. The number of nitrogens with two attached hydrogens (primary N) is 1. The van der Waals surface area contributed by atoms with Gasteiger partial charge in [0.2, 0.25) is 0 Å². The quantitative estimate of drug-likeness (QED) is 0.636. The molecule has 0 aromatic rings. The Morgan fingerprint density at radius 2 is 2.09 bits per heavy atom. The number of halogens is 3. The Balaban J connectivity index is 2.37. The molecule has 2 unspecified atom stereocenters. The van der Waals surface area contributed by atoms with Crippen molar-refractivity contribution in [1.82, 2.24) is 0 Å². The number of hydrogen-bond donors (Lipinski definition) is 1. The van der Waals surface area contributed by atoms with Gasteiger partial charge in [-0.2, -0.15) is 13.2 Å². The van der Waals surface area contributed by atoms with Crippen LogP contribution in [0.3, 0.4) is 0 Å². The molecule has 0 bridgehead atoms. The summed E-state index contributed by atoms with van der Waals surface area (Å²) in [6, 6.07) is -0.448. The fourth-order valence-corrected chi connectivity index (χ4v) is 1.10. The monoisotopic (exact) mass is 169 g/mol. The third-order valence-corrected chi connectivity index (χ3v) is 1.69. The number of ether oxygens (including phenoxy) is 1. The molecule has 1 aliphatic rings. The van der Waals surface area contributed by atoms with Crippen LogP contribution in [0.2, 0.25) is 0 Å². The molecular weight excluding hydrogens is 159 g/mol. The van der Waals surface area contributed by atoms with E-state index in [9.17, 15) is 13.2 Å². The van der Waals surface area contributed by atoms with Gasteiger partial charge in [0.15, 0.2) is 0 Å². The first-order valence-electron chi connectivity index (χ1n) is 3.43. The lowest BCUT2D eigenvalue weighted by atomic mass is 10.1. The predicted molar refractivity (Wildman–Crippen MR) is 33.0 cm³/mol. The van der Waals surface area contributed by atoms with Crippen molar-refractivity contribution in [3.8, 4) is 0 Å². The Morgan fingerprint density at radius 1 is 1.45 bits per heavy atom. The van der Waals surface area contributed by atoms with E-state index in [1.807, 2.05) is 0 Å². The highest BCUT2D eigenvalue weighted by Crippen LogP contribution is 2.27. The van der Waals surface area contributed by atoms with Crippen LogP contribution in [-0.4, -0.2) is 24.9 Å². The van der Waals surface area contributed by atoms with Crippen molar-refractivity contribution in [3.05, 3.63) is 0 Å². The van der Waals surface area contributed by atoms with Crippen molar-refractivity contribution in [2.24, 2.45) is 5.73 Å². The van der Waals surface area contributed by atoms with E-state index in [4.69, 9.17) is 10.5 Å². The molecule has 1 saturated heterocycles. The average molecular weight is 169 g/mol. The van der Waals surface area contributed by atoms with Crippen LogP contribution >= 0.6 is 0 Å². The van der Waals surface area contributed by atoms with Crippen molar-refractivity contribution in [2.45, 2.75) is 31.2 Å². The Morgan fingerprint density at radius 3 is 2.45 bits per heavy atom. The molecule has 11 heavy (non-hydrogen) atoms. The van der Waals surface area contributed by atoms with Crippen LogP contribution in [0, 0.1) is 0 Å². The molecule has 2 N–H and O–H groups in total. The zero-order valence-corrected chi connectivity index (χ0v) is 5.90.